The SMILES string of the molecule is Cc1cccc(NC(=O)CSc2nnc(-c3nc(-c4ccccc4)no3)n2C)c1C. The third-order valence-electron chi connectivity index (χ3n) is 4.70. The van der Waals surface area contributed by atoms with Gasteiger partial charge in [-0.25, -0.2) is 0 Å². The molecule has 4 aromatic rings. The summed E-state index contributed by atoms with van der Waals surface area (Å²) >= 11 is 1.29. The van der Waals surface area contributed by atoms with E-state index in [1.54, 1.807) is 11.6 Å². The predicted molar refractivity (Wildman–Crippen MR) is 115 cm³/mol. The molecule has 0 aliphatic rings. The molecule has 30 heavy (non-hydrogen) atoms. The number of aromatic nitrogens is 5. The number of amides is 1. The summed E-state index contributed by atoms with van der Waals surface area (Å²) in [5.41, 5.74) is 3.86. The molecule has 0 radical (unpaired) electrons. The van der Waals surface area contributed by atoms with Gasteiger partial charge in [-0.05, 0) is 31.0 Å². The van der Waals surface area contributed by atoms with E-state index >= 15 is 0 Å². The van der Waals surface area contributed by atoms with Gasteiger partial charge in [0, 0.05) is 18.3 Å². The fraction of sp³-hybridized carbons (Fsp3) is 0.190. The summed E-state index contributed by atoms with van der Waals surface area (Å²) in [6, 6.07) is 15.4. The Labute approximate surface area is 177 Å². The standard InChI is InChI=1S/C21H20N6O2S/c1-13-8-7-11-16(14(13)2)22-17(28)12-30-21-25-24-19(27(21)3)20-23-18(26-29-20)15-9-5-4-6-10-15/h4-11H,12H2,1-3H3,(H,22,28). The quantitative estimate of drug-likeness (QED) is 0.473. The fourth-order valence-corrected chi connectivity index (χ4v) is 3.56. The van der Waals surface area contributed by atoms with Crippen LogP contribution in [0, 0.1) is 13.8 Å². The van der Waals surface area contributed by atoms with Gasteiger partial charge >= 0.3 is 0 Å². The number of rotatable bonds is 6. The van der Waals surface area contributed by atoms with Crippen molar-refractivity contribution >= 4 is 23.4 Å². The maximum atomic E-state index is 12.4. The summed E-state index contributed by atoms with van der Waals surface area (Å²) in [7, 11) is 1.80. The Balaban J connectivity index is 1.43. The molecule has 1 amide bonds. The molecule has 4 rings (SSSR count). The molecule has 2 heterocycles. The van der Waals surface area contributed by atoms with Crippen molar-refractivity contribution in [3.63, 3.8) is 0 Å². The normalized spacial score (nSPS) is 10.9. The number of anilines is 1. The number of nitrogens with one attached hydrogen (secondary N) is 1. The summed E-state index contributed by atoms with van der Waals surface area (Å²) in [6.45, 7) is 4.00. The molecule has 8 nitrogen and oxygen atoms in total. The Hall–Kier alpha value is -3.46. The van der Waals surface area contributed by atoms with E-state index < -0.39 is 0 Å². The van der Waals surface area contributed by atoms with E-state index in [-0.39, 0.29) is 17.6 Å². The van der Waals surface area contributed by atoms with E-state index in [4.69, 9.17) is 4.52 Å². The lowest BCUT2D eigenvalue weighted by atomic mass is 10.1. The summed E-state index contributed by atoms with van der Waals surface area (Å²) in [6.07, 6.45) is 0. The van der Waals surface area contributed by atoms with Gasteiger partial charge in [0.1, 0.15) is 0 Å². The number of carbonyl (C=O) groups is 1. The van der Waals surface area contributed by atoms with Gasteiger partial charge in [0.15, 0.2) is 5.16 Å². The molecule has 0 spiro atoms. The average Bonchev–Trinajstić information content (AvgIpc) is 3.37. The lowest BCUT2D eigenvalue weighted by molar-refractivity contribution is -0.113. The Bertz CT molecular complexity index is 1190. The van der Waals surface area contributed by atoms with Crippen LogP contribution in [-0.4, -0.2) is 36.6 Å². The van der Waals surface area contributed by atoms with E-state index in [1.807, 2.05) is 62.4 Å². The highest BCUT2D eigenvalue weighted by molar-refractivity contribution is 7.99. The molecule has 0 atom stereocenters. The second-order valence-corrected chi connectivity index (χ2v) is 7.68. The monoisotopic (exact) mass is 420 g/mol. The van der Waals surface area contributed by atoms with Gasteiger partial charge in [-0.1, -0.05) is 59.4 Å². The summed E-state index contributed by atoms with van der Waals surface area (Å²) in [4.78, 5) is 16.8. The molecule has 0 unspecified atom stereocenters. The van der Waals surface area contributed by atoms with Crippen LogP contribution in [0.3, 0.4) is 0 Å². The van der Waals surface area contributed by atoms with E-state index in [0.717, 1.165) is 22.4 Å². The van der Waals surface area contributed by atoms with Gasteiger partial charge in [0.05, 0.1) is 5.75 Å². The van der Waals surface area contributed by atoms with Crippen molar-refractivity contribution in [3.8, 4) is 23.1 Å². The Morgan fingerprint density at radius 3 is 2.70 bits per heavy atom. The Morgan fingerprint density at radius 1 is 1.10 bits per heavy atom. The lowest BCUT2D eigenvalue weighted by Gasteiger charge is -2.10. The first-order valence-electron chi connectivity index (χ1n) is 9.30. The molecule has 2 aromatic carbocycles. The first-order chi connectivity index (χ1) is 14.5. The topological polar surface area (TPSA) is 98.7 Å². The fourth-order valence-electron chi connectivity index (χ4n) is 2.85. The van der Waals surface area contributed by atoms with Crippen molar-refractivity contribution in [1.29, 1.82) is 0 Å². The Kier molecular flexibility index (Phi) is 5.62. The van der Waals surface area contributed by atoms with Crippen molar-refractivity contribution in [2.75, 3.05) is 11.1 Å². The molecule has 9 heteroatoms. The van der Waals surface area contributed by atoms with Crippen LogP contribution < -0.4 is 5.32 Å². The highest BCUT2D eigenvalue weighted by Crippen LogP contribution is 2.24. The van der Waals surface area contributed by atoms with E-state index in [1.165, 1.54) is 11.8 Å². The van der Waals surface area contributed by atoms with Crippen LogP contribution in [0.15, 0.2) is 58.2 Å². The van der Waals surface area contributed by atoms with Crippen LogP contribution in [0.25, 0.3) is 23.1 Å². The van der Waals surface area contributed by atoms with Crippen molar-refractivity contribution in [3.05, 3.63) is 59.7 Å². The van der Waals surface area contributed by atoms with E-state index in [9.17, 15) is 4.79 Å². The van der Waals surface area contributed by atoms with Gasteiger partial charge in [-0.15, -0.1) is 10.2 Å². The number of hydrogen-bond acceptors (Lipinski definition) is 7. The van der Waals surface area contributed by atoms with Gasteiger partial charge < -0.3 is 14.4 Å². The molecular weight excluding hydrogens is 400 g/mol. The van der Waals surface area contributed by atoms with E-state index in [2.05, 4.69) is 25.7 Å². The zero-order valence-corrected chi connectivity index (χ0v) is 17.6. The van der Waals surface area contributed by atoms with Crippen LogP contribution in [0.1, 0.15) is 11.1 Å². The second-order valence-electron chi connectivity index (χ2n) is 6.74. The van der Waals surface area contributed by atoms with Crippen LogP contribution in [0.2, 0.25) is 0 Å². The van der Waals surface area contributed by atoms with Crippen molar-refractivity contribution < 1.29 is 9.32 Å². The molecule has 0 saturated heterocycles. The third kappa shape index (κ3) is 4.11. The van der Waals surface area contributed by atoms with Gasteiger partial charge in [0.2, 0.25) is 17.6 Å². The molecule has 0 bridgehead atoms. The van der Waals surface area contributed by atoms with Crippen LogP contribution >= 0.6 is 11.8 Å². The van der Waals surface area contributed by atoms with Gasteiger partial charge in [-0.2, -0.15) is 4.98 Å². The largest absolute Gasteiger partial charge is 0.330 e. The number of carbonyl (C=O) groups excluding carboxylic acids is 1. The first-order valence-corrected chi connectivity index (χ1v) is 10.3. The minimum absolute atomic E-state index is 0.109. The predicted octanol–water partition coefficient (Wildman–Crippen LogP) is 3.88. The maximum absolute atomic E-state index is 12.4. The molecule has 0 aliphatic carbocycles. The molecule has 0 fully saturated rings. The number of nitrogens with zero attached hydrogens (tertiary/aromatic N) is 5. The summed E-state index contributed by atoms with van der Waals surface area (Å²) < 4.78 is 7.09. The minimum Gasteiger partial charge on any atom is -0.330 e. The zero-order chi connectivity index (χ0) is 21.1. The molecule has 0 saturated carbocycles. The molecule has 1 N–H and O–H groups in total. The smallest absolute Gasteiger partial charge is 0.296 e. The van der Waals surface area contributed by atoms with Gasteiger partial charge in [-0.3, -0.25) is 4.79 Å². The number of hydrogen-bond donors (Lipinski definition) is 1. The molecular formula is C21H20N6O2S. The van der Waals surface area contributed by atoms with Crippen molar-refractivity contribution in [2.24, 2.45) is 7.05 Å². The number of aryl methyl sites for hydroxylation is 1. The highest BCUT2D eigenvalue weighted by atomic mass is 32.2. The lowest BCUT2D eigenvalue weighted by Crippen LogP contribution is -2.15. The van der Waals surface area contributed by atoms with Crippen LogP contribution in [0.5, 0.6) is 0 Å². The maximum Gasteiger partial charge on any atom is 0.296 e. The average molecular weight is 420 g/mol. The molecule has 152 valence electrons. The second kappa shape index (κ2) is 8.50. The van der Waals surface area contributed by atoms with E-state index in [0.29, 0.717) is 16.8 Å². The minimum atomic E-state index is -0.109. The first kappa shape index (κ1) is 19.8. The highest BCUT2D eigenvalue weighted by Gasteiger charge is 2.19. The van der Waals surface area contributed by atoms with Gasteiger partial charge in [0.25, 0.3) is 5.89 Å². The zero-order valence-electron chi connectivity index (χ0n) is 16.8. The van der Waals surface area contributed by atoms with Crippen molar-refractivity contribution in [2.45, 2.75) is 19.0 Å². The number of thioether (sulfide) groups is 1. The van der Waals surface area contributed by atoms with Crippen LogP contribution in [0.4, 0.5) is 5.69 Å². The molecule has 2 aromatic heterocycles. The summed E-state index contributed by atoms with van der Waals surface area (Å²) in [5, 5.41) is 15.8. The number of benzene rings is 2. The molecule has 0 aliphatic heterocycles. The third-order valence-corrected chi connectivity index (χ3v) is 5.72. The van der Waals surface area contributed by atoms with Crippen LogP contribution in [-0.2, 0) is 11.8 Å². The van der Waals surface area contributed by atoms with Crippen molar-refractivity contribution in [1.82, 2.24) is 24.9 Å². The Morgan fingerprint density at radius 2 is 1.90 bits per heavy atom. The summed E-state index contributed by atoms with van der Waals surface area (Å²) in [5.74, 6) is 1.30.